The number of thiazole rings is 1. The van der Waals surface area contributed by atoms with Crippen molar-refractivity contribution in [3.63, 3.8) is 0 Å². The van der Waals surface area contributed by atoms with E-state index in [0.29, 0.717) is 6.54 Å². The minimum Gasteiger partial charge on any atom is -0.365 e. The topological polar surface area (TPSA) is 70.2 Å². The molecule has 3 heterocycles. The Morgan fingerprint density at radius 3 is 2.77 bits per heavy atom. The zero-order valence-electron chi connectivity index (χ0n) is 17.0. The van der Waals surface area contributed by atoms with Crippen molar-refractivity contribution in [1.82, 2.24) is 14.9 Å². The summed E-state index contributed by atoms with van der Waals surface area (Å²) in [6, 6.07) is 14.5. The number of pyridine rings is 1. The van der Waals surface area contributed by atoms with E-state index in [2.05, 4.69) is 40.4 Å². The van der Waals surface area contributed by atoms with Gasteiger partial charge < -0.3 is 15.5 Å². The van der Waals surface area contributed by atoms with Crippen LogP contribution in [0.15, 0.2) is 61.3 Å². The molecule has 30 heavy (non-hydrogen) atoms. The molecule has 1 aromatic carbocycles. The van der Waals surface area contributed by atoms with Gasteiger partial charge >= 0.3 is 0 Å². The smallest absolute Gasteiger partial charge is 0.246 e. The van der Waals surface area contributed by atoms with Gasteiger partial charge in [-0.3, -0.25) is 4.79 Å². The van der Waals surface area contributed by atoms with Gasteiger partial charge in [0.15, 0.2) is 5.13 Å². The first-order chi connectivity index (χ1) is 14.6. The van der Waals surface area contributed by atoms with Crippen LogP contribution >= 0.6 is 11.3 Å². The molecule has 0 saturated carbocycles. The highest BCUT2D eigenvalue weighted by Gasteiger charge is 2.22. The lowest BCUT2D eigenvalue weighted by Crippen LogP contribution is -2.44. The van der Waals surface area contributed by atoms with Crippen molar-refractivity contribution in [3.8, 4) is 11.1 Å². The summed E-state index contributed by atoms with van der Waals surface area (Å²) >= 11 is 1.60. The third-order valence-electron chi connectivity index (χ3n) is 5.05. The van der Waals surface area contributed by atoms with E-state index in [4.69, 9.17) is 4.98 Å². The zero-order valence-corrected chi connectivity index (χ0v) is 17.8. The van der Waals surface area contributed by atoms with E-state index in [-0.39, 0.29) is 11.9 Å². The van der Waals surface area contributed by atoms with Crippen LogP contribution in [0.5, 0.6) is 0 Å². The van der Waals surface area contributed by atoms with Crippen molar-refractivity contribution in [3.05, 3.63) is 66.2 Å². The summed E-state index contributed by atoms with van der Waals surface area (Å²) in [4.78, 5) is 24.2. The second kappa shape index (κ2) is 9.09. The fraction of sp³-hybridized carbons (Fsp3) is 0.261. The largest absolute Gasteiger partial charge is 0.365 e. The Bertz CT molecular complexity index is 1030. The van der Waals surface area contributed by atoms with Crippen LogP contribution in [0.4, 0.5) is 16.8 Å². The predicted octanol–water partition coefficient (Wildman–Crippen LogP) is 4.85. The molecule has 0 unspecified atom stereocenters. The number of nitrogens with zero attached hydrogens (tertiary/aromatic N) is 3. The van der Waals surface area contributed by atoms with E-state index in [9.17, 15) is 4.79 Å². The Morgan fingerprint density at radius 1 is 1.23 bits per heavy atom. The van der Waals surface area contributed by atoms with Crippen molar-refractivity contribution in [2.75, 3.05) is 23.7 Å². The molecule has 154 valence electrons. The molecule has 7 heteroatoms. The fourth-order valence-corrected chi connectivity index (χ4v) is 4.29. The van der Waals surface area contributed by atoms with Crippen LogP contribution in [0.3, 0.4) is 0 Å². The van der Waals surface area contributed by atoms with Crippen LogP contribution < -0.4 is 10.6 Å². The van der Waals surface area contributed by atoms with Gasteiger partial charge in [-0.2, -0.15) is 0 Å². The minimum absolute atomic E-state index is 0.0195. The number of anilines is 3. The quantitative estimate of drug-likeness (QED) is 0.559. The summed E-state index contributed by atoms with van der Waals surface area (Å²) in [5.41, 5.74) is 2.19. The van der Waals surface area contributed by atoms with E-state index < -0.39 is 0 Å². The first kappa shape index (κ1) is 20.1. The molecular weight excluding hydrogens is 394 g/mol. The normalized spacial score (nSPS) is 16.2. The summed E-state index contributed by atoms with van der Waals surface area (Å²) < 4.78 is 0. The maximum atomic E-state index is 12.0. The number of hydrogen-bond donors (Lipinski definition) is 2. The van der Waals surface area contributed by atoms with E-state index in [1.807, 2.05) is 42.3 Å². The number of hydrogen-bond acceptors (Lipinski definition) is 6. The van der Waals surface area contributed by atoms with Gasteiger partial charge in [0.2, 0.25) is 5.91 Å². The standard InChI is InChI=1S/C23H25N5OS/c1-3-22(29)28-11-7-10-19(15-28)25-20-12-18(17-8-5-4-6-9-17)13-21(26-20)27-23-24-14-16(2)30-23/h3-6,8-9,12-14,19H,1,7,10-11,15H2,2H3,(H2,24,25,26,27)/t19-/m0/s1. The minimum atomic E-state index is -0.0195. The Balaban J connectivity index is 1.60. The second-order valence-corrected chi connectivity index (χ2v) is 8.60. The highest BCUT2D eigenvalue weighted by atomic mass is 32.1. The number of rotatable bonds is 6. The Kier molecular flexibility index (Phi) is 6.09. The van der Waals surface area contributed by atoms with E-state index in [1.165, 1.54) is 6.08 Å². The molecule has 1 aliphatic rings. The molecule has 0 spiro atoms. The third kappa shape index (κ3) is 4.86. The number of amides is 1. The summed E-state index contributed by atoms with van der Waals surface area (Å²) in [7, 11) is 0. The molecule has 1 saturated heterocycles. The molecule has 0 aliphatic carbocycles. The summed E-state index contributed by atoms with van der Waals surface area (Å²) in [6.45, 7) is 7.06. The predicted molar refractivity (Wildman–Crippen MR) is 123 cm³/mol. The maximum Gasteiger partial charge on any atom is 0.246 e. The SMILES string of the molecule is C=CC(=O)N1CCC[C@H](Nc2cc(-c3ccccc3)cc(Nc3ncc(C)s3)n2)C1. The molecule has 0 radical (unpaired) electrons. The lowest BCUT2D eigenvalue weighted by molar-refractivity contribution is -0.127. The number of aromatic nitrogens is 2. The van der Waals surface area contributed by atoms with Gasteiger partial charge in [0, 0.05) is 30.2 Å². The van der Waals surface area contributed by atoms with Crippen molar-refractivity contribution < 1.29 is 4.79 Å². The van der Waals surface area contributed by atoms with Gasteiger partial charge in [0.05, 0.1) is 0 Å². The maximum absolute atomic E-state index is 12.0. The van der Waals surface area contributed by atoms with Gasteiger partial charge in [-0.25, -0.2) is 9.97 Å². The molecule has 2 N–H and O–H groups in total. The van der Waals surface area contributed by atoms with Crippen molar-refractivity contribution in [2.45, 2.75) is 25.8 Å². The third-order valence-corrected chi connectivity index (χ3v) is 5.88. The second-order valence-electron chi connectivity index (χ2n) is 7.37. The first-order valence-corrected chi connectivity index (χ1v) is 10.9. The Labute approximate surface area is 180 Å². The Hall–Kier alpha value is -3.19. The monoisotopic (exact) mass is 419 g/mol. The van der Waals surface area contributed by atoms with Crippen LogP contribution in [0.25, 0.3) is 11.1 Å². The molecule has 0 bridgehead atoms. The molecule has 3 aromatic rings. The molecule has 1 amide bonds. The van der Waals surface area contributed by atoms with Crippen LogP contribution in [0.1, 0.15) is 17.7 Å². The average Bonchev–Trinajstić information content (AvgIpc) is 3.18. The zero-order chi connectivity index (χ0) is 20.9. The van der Waals surface area contributed by atoms with Crippen molar-refractivity contribution in [1.29, 1.82) is 0 Å². The van der Waals surface area contributed by atoms with Crippen LogP contribution in [-0.2, 0) is 4.79 Å². The molecule has 1 aliphatic heterocycles. The summed E-state index contributed by atoms with van der Waals surface area (Å²) in [6.07, 6.45) is 5.18. The number of nitrogens with one attached hydrogen (secondary N) is 2. The van der Waals surface area contributed by atoms with Crippen LogP contribution in [0.2, 0.25) is 0 Å². The number of likely N-dealkylation sites (tertiary alicyclic amines) is 1. The number of benzene rings is 1. The fourth-order valence-electron chi connectivity index (χ4n) is 3.62. The molecule has 4 rings (SSSR count). The summed E-state index contributed by atoms with van der Waals surface area (Å²) in [5, 5.41) is 7.68. The van der Waals surface area contributed by atoms with Crippen molar-refractivity contribution in [2.24, 2.45) is 0 Å². The highest BCUT2D eigenvalue weighted by Crippen LogP contribution is 2.28. The first-order valence-electron chi connectivity index (χ1n) is 10.1. The lowest BCUT2D eigenvalue weighted by atomic mass is 10.0. The Morgan fingerprint density at radius 2 is 2.03 bits per heavy atom. The van der Waals surface area contributed by atoms with E-state index >= 15 is 0 Å². The van der Waals surface area contributed by atoms with Crippen LogP contribution in [-0.4, -0.2) is 39.9 Å². The van der Waals surface area contributed by atoms with Crippen molar-refractivity contribution >= 4 is 34.0 Å². The van der Waals surface area contributed by atoms with Gasteiger partial charge in [0.25, 0.3) is 0 Å². The summed E-state index contributed by atoms with van der Waals surface area (Å²) in [5.74, 6) is 1.50. The number of piperidine rings is 1. The van der Waals surface area contributed by atoms with Gasteiger partial charge in [-0.05, 0) is 49.1 Å². The average molecular weight is 420 g/mol. The molecular formula is C23H25N5OS. The molecule has 1 atom stereocenters. The molecule has 6 nitrogen and oxygen atoms in total. The van der Waals surface area contributed by atoms with E-state index in [0.717, 1.165) is 52.2 Å². The lowest BCUT2D eigenvalue weighted by Gasteiger charge is -2.33. The van der Waals surface area contributed by atoms with Crippen LogP contribution in [0, 0.1) is 6.92 Å². The van der Waals surface area contributed by atoms with Gasteiger partial charge in [-0.15, -0.1) is 11.3 Å². The number of carbonyl (C=O) groups is 1. The highest BCUT2D eigenvalue weighted by molar-refractivity contribution is 7.15. The van der Waals surface area contributed by atoms with E-state index in [1.54, 1.807) is 11.3 Å². The van der Waals surface area contributed by atoms with Gasteiger partial charge in [0.1, 0.15) is 11.6 Å². The van der Waals surface area contributed by atoms with Gasteiger partial charge in [-0.1, -0.05) is 36.9 Å². The molecule has 1 fully saturated rings. The number of aryl methyl sites for hydroxylation is 1. The molecule has 2 aromatic heterocycles. The number of carbonyl (C=O) groups excluding carboxylic acids is 1.